The van der Waals surface area contributed by atoms with E-state index in [-0.39, 0.29) is 12.0 Å². The van der Waals surface area contributed by atoms with E-state index in [1.54, 1.807) is 6.33 Å². The zero-order valence-electron chi connectivity index (χ0n) is 14.1. The highest BCUT2D eigenvalue weighted by molar-refractivity contribution is 5.78. The Morgan fingerprint density at radius 1 is 1.46 bits per heavy atom. The fraction of sp³-hybridized carbons (Fsp3) is 0.471. The van der Waals surface area contributed by atoms with Gasteiger partial charge in [-0.25, -0.2) is 0 Å². The molecule has 1 aliphatic rings. The molecule has 1 atom stereocenters. The summed E-state index contributed by atoms with van der Waals surface area (Å²) in [7, 11) is 1.90. The van der Waals surface area contributed by atoms with Crippen molar-refractivity contribution >= 4 is 5.91 Å². The Bertz CT molecular complexity index is 700. The minimum absolute atomic E-state index is 0.0233. The second-order valence-electron chi connectivity index (χ2n) is 6.16. The second kappa shape index (κ2) is 7.55. The lowest BCUT2D eigenvalue weighted by atomic mass is 10.1. The van der Waals surface area contributed by atoms with Crippen LogP contribution in [0.5, 0.6) is 0 Å². The molecule has 1 N–H and O–H groups in total. The molecule has 7 nitrogen and oxygen atoms in total. The van der Waals surface area contributed by atoms with E-state index >= 15 is 0 Å². The number of carbonyl (C=O) groups excluding carboxylic acids is 1. The number of aryl methyl sites for hydroxylation is 2. The fourth-order valence-corrected chi connectivity index (χ4v) is 2.87. The van der Waals surface area contributed by atoms with Crippen molar-refractivity contribution in [2.24, 2.45) is 7.05 Å². The molecule has 128 valence electrons. The summed E-state index contributed by atoms with van der Waals surface area (Å²) in [6, 6.07) is 8.15. The Hall–Kier alpha value is -2.25. The van der Waals surface area contributed by atoms with Crippen molar-refractivity contribution in [2.45, 2.75) is 19.6 Å². The van der Waals surface area contributed by atoms with Crippen LogP contribution in [-0.4, -0.2) is 51.8 Å². The first-order chi connectivity index (χ1) is 11.6. The number of hydrogen-bond donors (Lipinski definition) is 1. The molecule has 1 aromatic carbocycles. The number of hydrogen-bond acceptors (Lipinski definition) is 5. The molecule has 1 aromatic heterocycles. The summed E-state index contributed by atoms with van der Waals surface area (Å²) in [5.41, 5.74) is 2.31. The van der Waals surface area contributed by atoms with Gasteiger partial charge in [-0.2, -0.15) is 0 Å². The molecule has 0 radical (unpaired) electrons. The zero-order valence-corrected chi connectivity index (χ0v) is 14.1. The van der Waals surface area contributed by atoms with Gasteiger partial charge in [-0.3, -0.25) is 9.69 Å². The number of benzene rings is 1. The molecule has 0 bridgehead atoms. The number of carbonyl (C=O) groups is 1. The minimum atomic E-state index is -0.143. The Kier molecular flexibility index (Phi) is 5.22. The number of ether oxygens (including phenoxy) is 1. The third kappa shape index (κ3) is 4.18. The molecular formula is C17H23N5O2. The number of morpholine rings is 1. The molecule has 2 aromatic rings. The van der Waals surface area contributed by atoms with E-state index in [4.69, 9.17) is 4.74 Å². The van der Waals surface area contributed by atoms with Crippen LogP contribution in [0.3, 0.4) is 0 Å². The van der Waals surface area contributed by atoms with Crippen molar-refractivity contribution < 1.29 is 9.53 Å². The average Bonchev–Trinajstić information content (AvgIpc) is 2.99. The predicted molar refractivity (Wildman–Crippen MR) is 89.2 cm³/mol. The molecular weight excluding hydrogens is 306 g/mol. The number of aromatic nitrogens is 3. The van der Waals surface area contributed by atoms with Gasteiger partial charge in [0, 0.05) is 26.7 Å². The summed E-state index contributed by atoms with van der Waals surface area (Å²) in [6.07, 6.45) is 1.52. The standard InChI is InChI=1S/C17H23N5O2/c1-13-4-3-5-14(8-13)9-18-16(23)11-22-6-7-24-15(10-22)17-20-19-12-21(17)2/h3-5,8,12,15H,6-7,9-11H2,1-2H3,(H,18,23). The van der Waals surface area contributed by atoms with E-state index in [9.17, 15) is 4.79 Å². The van der Waals surface area contributed by atoms with E-state index in [1.165, 1.54) is 5.56 Å². The maximum atomic E-state index is 12.2. The molecule has 1 unspecified atom stereocenters. The average molecular weight is 329 g/mol. The first kappa shape index (κ1) is 16.6. The largest absolute Gasteiger partial charge is 0.368 e. The van der Waals surface area contributed by atoms with Crippen LogP contribution in [0.2, 0.25) is 0 Å². The molecule has 3 rings (SSSR count). The predicted octanol–water partition coefficient (Wildman–Crippen LogP) is 0.813. The van der Waals surface area contributed by atoms with Crippen LogP contribution < -0.4 is 5.32 Å². The van der Waals surface area contributed by atoms with E-state index in [0.717, 1.165) is 17.9 Å². The van der Waals surface area contributed by atoms with Crippen molar-refractivity contribution in [1.29, 1.82) is 0 Å². The maximum absolute atomic E-state index is 12.2. The van der Waals surface area contributed by atoms with Gasteiger partial charge in [0.1, 0.15) is 12.4 Å². The third-order valence-electron chi connectivity index (χ3n) is 4.12. The third-order valence-corrected chi connectivity index (χ3v) is 4.12. The van der Waals surface area contributed by atoms with E-state index in [2.05, 4.69) is 26.5 Å². The molecule has 0 spiro atoms. The van der Waals surface area contributed by atoms with Gasteiger partial charge in [0.2, 0.25) is 5.91 Å². The van der Waals surface area contributed by atoms with Crippen LogP contribution in [0.15, 0.2) is 30.6 Å². The highest BCUT2D eigenvalue weighted by Crippen LogP contribution is 2.19. The Labute approximate surface area is 141 Å². The molecule has 0 saturated carbocycles. The van der Waals surface area contributed by atoms with E-state index < -0.39 is 0 Å². The molecule has 1 amide bonds. The molecule has 2 heterocycles. The summed E-state index contributed by atoms with van der Waals surface area (Å²) < 4.78 is 7.61. The van der Waals surface area contributed by atoms with Gasteiger partial charge in [-0.1, -0.05) is 29.8 Å². The monoisotopic (exact) mass is 329 g/mol. The van der Waals surface area contributed by atoms with Gasteiger partial charge >= 0.3 is 0 Å². The number of nitrogens with zero attached hydrogens (tertiary/aromatic N) is 4. The first-order valence-electron chi connectivity index (χ1n) is 8.12. The lowest BCUT2D eigenvalue weighted by Gasteiger charge is -2.31. The second-order valence-corrected chi connectivity index (χ2v) is 6.16. The topological polar surface area (TPSA) is 72.3 Å². The Morgan fingerprint density at radius 3 is 3.08 bits per heavy atom. The lowest BCUT2D eigenvalue weighted by molar-refractivity contribution is -0.124. The summed E-state index contributed by atoms with van der Waals surface area (Å²) >= 11 is 0. The maximum Gasteiger partial charge on any atom is 0.234 e. The van der Waals surface area contributed by atoms with E-state index in [0.29, 0.717) is 26.2 Å². The van der Waals surface area contributed by atoms with Crippen LogP contribution in [-0.2, 0) is 23.1 Å². The van der Waals surface area contributed by atoms with Gasteiger partial charge in [0.05, 0.1) is 13.2 Å². The molecule has 1 saturated heterocycles. The van der Waals surface area contributed by atoms with Gasteiger partial charge < -0.3 is 14.6 Å². The highest BCUT2D eigenvalue weighted by atomic mass is 16.5. The van der Waals surface area contributed by atoms with E-state index in [1.807, 2.05) is 36.7 Å². The summed E-state index contributed by atoms with van der Waals surface area (Å²) in [5.74, 6) is 0.815. The quantitative estimate of drug-likeness (QED) is 0.879. The van der Waals surface area contributed by atoms with Crippen molar-refractivity contribution in [3.8, 4) is 0 Å². The normalized spacial score (nSPS) is 18.5. The van der Waals surface area contributed by atoms with Crippen LogP contribution >= 0.6 is 0 Å². The summed E-state index contributed by atoms with van der Waals surface area (Å²) in [6.45, 7) is 4.94. The van der Waals surface area contributed by atoms with Crippen molar-refractivity contribution in [3.63, 3.8) is 0 Å². The Morgan fingerprint density at radius 2 is 2.33 bits per heavy atom. The summed E-state index contributed by atoms with van der Waals surface area (Å²) in [4.78, 5) is 14.3. The molecule has 1 fully saturated rings. The highest BCUT2D eigenvalue weighted by Gasteiger charge is 2.26. The number of rotatable bonds is 5. The van der Waals surface area contributed by atoms with Crippen molar-refractivity contribution in [1.82, 2.24) is 25.0 Å². The van der Waals surface area contributed by atoms with Crippen molar-refractivity contribution in [3.05, 3.63) is 47.5 Å². The molecule has 1 aliphatic heterocycles. The lowest BCUT2D eigenvalue weighted by Crippen LogP contribution is -2.44. The summed E-state index contributed by atoms with van der Waals surface area (Å²) in [5, 5.41) is 11.0. The SMILES string of the molecule is Cc1cccc(CNC(=O)CN2CCOC(c3nncn3C)C2)c1. The molecule has 7 heteroatoms. The van der Waals surface area contributed by atoms with Gasteiger partial charge in [0.25, 0.3) is 0 Å². The van der Waals surface area contributed by atoms with Crippen LogP contribution in [0.4, 0.5) is 0 Å². The smallest absolute Gasteiger partial charge is 0.234 e. The first-order valence-corrected chi connectivity index (χ1v) is 8.12. The van der Waals surface area contributed by atoms with Crippen LogP contribution in [0, 0.1) is 6.92 Å². The van der Waals surface area contributed by atoms with Gasteiger partial charge in [-0.05, 0) is 12.5 Å². The van der Waals surface area contributed by atoms with Gasteiger partial charge in [-0.15, -0.1) is 10.2 Å². The molecule has 24 heavy (non-hydrogen) atoms. The number of amides is 1. The van der Waals surface area contributed by atoms with Crippen LogP contribution in [0.25, 0.3) is 0 Å². The van der Waals surface area contributed by atoms with Crippen molar-refractivity contribution in [2.75, 3.05) is 26.2 Å². The van der Waals surface area contributed by atoms with Gasteiger partial charge in [0.15, 0.2) is 5.82 Å². The minimum Gasteiger partial charge on any atom is -0.368 e. The Balaban J connectivity index is 1.50. The fourth-order valence-electron chi connectivity index (χ4n) is 2.87. The zero-order chi connectivity index (χ0) is 16.9. The van der Waals surface area contributed by atoms with Crippen LogP contribution in [0.1, 0.15) is 23.1 Å². The number of nitrogens with one attached hydrogen (secondary N) is 1. The molecule has 0 aliphatic carbocycles.